The number of nitrogens with zero attached hydrogens (tertiary/aromatic N) is 4. The van der Waals surface area contributed by atoms with Gasteiger partial charge in [-0.25, -0.2) is 32.9 Å². The number of carbonyl (C=O) groups is 1. The highest BCUT2D eigenvalue weighted by molar-refractivity contribution is 7.92. The Balaban J connectivity index is 1.18. The standard InChI is InChI=1S/C22H24N6O8S/c23-18-15-19(25-10-24-18)28(11-26-15)20-17(30)16(29)14(35-20)9-27-37(33,34)8-4-3-7-22(32)13-6-2-1-5-12(13)21(31)36-22/h1-2,4-6,8,10-11,14,16-17,20,27,29-30,32H,3,7,9H2,(H2,23,24,25)/b8-4+/t14-,16-,17-,20-,22?/m1/s1. The number of carbonyl (C=O) groups excluding carboxylic acids is 1. The Morgan fingerprint density at radius 1 is 1.19 bits per heavy atom. The highest BCUT2D eigenvalue weighted by Gasteiger charge is 2.45. The lowest BCUT2D eigenvalue weighted by atomic mass is 9.98. The molecule has 0 aliphatic carbocycles. The summed E-state index contributed by atoms with van der Waals surface area (Å²) in [5.41, 5.74) is 6.94. The number of nitrogen functional groups attached to an aromatic ring is 1. The van der Waals surface area contributed by atoms with Gasteiger partial charge in [0.2, 0.25) is 15.8 Å². The summed E-state index contributed by atoms with van der Waals surface area (Å²) in [7, 11) is -3.96. The molecule has 5 atom stereocenters. The van der Waals surface area contributed by atoms with Crippen molar-refractivity contribution in [3.8, 4) is 0 Å². The average molecular weight is 533 g/mol. The molecule has 37 heavy (non-hydrogen) atoms. The van der Waals surface area contributed by atoms with Crippen LogP contribution in [-0.4, -0.2) is 74.1 Å². The van der Waals surface area contributed by atoms with E-state index in [0.717, 1.165) is 5.41 Å². The smallest absolute Gasteiger partial charge is 0.341 e. The number of aromatic nitrogens is 4. The fourth-order valence-corrected chi connectivity index (χ4v) is 5.24. The van der Waals surface area contributed by atoms with Crippen LogP contribution in [0.3, 0.4) is 0 Å². The summed E-state index contributed by atoms with van der Waals surface area (Å²) in [5.74, 6) is -2.35. The normalized spacial score (nSPS) is 27.7. The maximum Gasteiger partial charge on any atom is 0.341 e. The molecule has 2 aromatic heterocycles. The van der Waals surface area contributed by atoms with Gasteiger partial charge in [0.15, 0.2) is 17.7 Å². The number of fused-ring (bicyclic) bond motifs is 2. The molecule has 1 saturated heterocycles. The van der Waals surface area contributed by atoms with Crippen LogP contribution in [0.4, 0.5) is 5.82 Å². The highest BCUT2D eigenvalue weighted by atomic mass is 32.2. The summed E-state index contributed by atoms with van der Waals surface area (Å²) in [4.78, 5) is 24.0. The molecule has 1 fully saturated rings. The van der Waals surface area contributed by atoms with E-state index in [2.05, 4.69) is 19.7 Å². The second kappa shape index (κ2) is 9.44. The number of aliphatic hydroxyl groups excluding tert-OH is 2. The fraction of sp³-hybridized carbons (Fsp3) is 0.364. The largest absolute Gasteiger partial charge is 0.425 e. The first kappa shape index (κ1) is 25.2. The molecule has 5 rings (SSSR count). The summed E-state index contributed by atoms with van der Waals surface area (Å²) in [6, 6.07) is 6.43. The van der Waals surface area contributed by atoms with Crippen molar-refractivity contribution in [2.75, 3.05) is 12.3 Å². The average Bonchev–Trinajstić information content (AvgIpc) is 3.50. The Morgan fingerprint density at radius 3 is 2.78 bits per heavy atom. The van der Waals surface area contributed by atoms with Crippen molar-refractivity contribution in [1.29, 1.82) is 0 Å². The number of ether oxygens (including phenoxy) is 2. The number of esters is 1. The van der Waals surface area contributed by atoms with E-state index in [1.807, 2.05) is 0 Å². The minimum absolute atomic E-state index is 0.0486. The first-order chi connectivity index (χ1) is 17.6. The monoisotopic (exact) mass is 532 g/mol. The lowest BCUT2D eigenvalue weighted by Gasteiger charge is -2.21. The third kappa shape index (κ3) is 4.68. The SMILES string of the molecule is Nc1ncnc2c1ncn2[C@@H]1O[C@H](CNS(=O)(=O)/C=C/CCC2(O)OC(=O)c3ccccc32)[C@@H](O)[C@H]1O. The van der Waals surface area contributed by atoms with Gasteiger partial charge in [0.25, 0.3) is 0 Å². The van der Waals surface area contributed by atoms with Gasteiger partial charge in [0.05, 0.1) is 11.9 Å². The van der Waals surface area contributed by atoms with Crippen LogP contribution in [0.25, 0.3) is 11.2 Å². The predicted octanol–water partition coefficient (Wildman–Crippen LogP) is -0.743. The molecule has 1 aromatic carbocycles. The van der Waals surface area contributed by atoms with E-state index in [1.165, 1.54) is 23.3 Å². The van der Waals surface area contributed by atoms with E-state index < -0.39 is 46.3 Å². The predicted molar refractivity (Wildman–Crippen MR) is 127 cm³/mol. The van der Waals surface area contributed by atoms with Crippen LogP contribution in [0, 0.1) is 0 Å². The number of benzene rings is 1. The van der Waals surface area contributed by atoms with Crippen molar-refractivity contribution < 1.29 is 38.0 Å². The Bertz CT molecular complexity index is 1480. The lowest BCUT2D eigenvalue weighted by molar-refractivity contribution is -0.166. The molecule has 4 heterocycles. The third-order valence-electron chi connectivity index (χ3n) is 6.24. The van der Waals surface area contributed by atoms with Crippen LogP contribution < -0.4 is 10.5 Å². The number of allylic oxidation sites excluding steroid dienone is 1. The van der Waals surface area contributed by atoms with Crippen LogP contribution in [0.1, 0.15) is 35.0 Å². The number of anilines is 1. The number of hydrogen-bond donors (Lipinski definition) is 5. The van der Waals surface area contributed by atoms with E-state index in [1.54, 1.807) is 24.3 Å². The molecule has 2 aliphatic heterocycles. The van der Waals surface area contributed by atoms with Crippen LogP contribution in [0.5, 0.6) is 0 Å². The van der Waals surface area contributed by atoms with Gasteiger partial charge in [-0.15, -0.1) is 0 Å². The van der Waals surface area contributed by atoms with Gasteiger partial charge in [0, 0.05) is 23.9 Å². The number of nitrogens with two attached hydrogens (primary N) is 1. The molecule has 0 amide bonds. The van der Waals surface area contributed by atoms with Gasteiger partial charge in [0.1, 0.15) is 30.2 Å². The van der Waals surface area contributed by atoms with Gasteiger partial charge < -0.3 is 30.5 Å². The minimum Gasteiger partial charge on any atom is -0.425 e. The van der Waals surface area contributed by atoms with Crippen molar-refractivity contribution in [3.05, 3.63) is 59.5 Å². The minimum atomic E-state index is -3.96. The second-order valence-electron chi connectivity index (χ2n) is 8.65. The molecule has 6 N–H and O–H groups in total. The second-order valence-corrected chi connectivity index (χ2v) is 10.3. The van der Waals surface area contributed by atoms with Crippen molar-refractivity contribution >= 4 is 33.0 Å². The maximum atomic E-state index is 12.4. The van der Waals surface area contributed by atoms with Crippen LogP contribution in [0.2, 0.25) is 0 Å². The first-order valence-electron chi connectivity index (χ1n) is 11.3. The molecule has 0 radical (unpaired) electrons. The Labute approximate surface area is 210 Å². The molecule has 1 unspecified atom stereocenters. The topological polar surface area (TPSA) is 212 Å². The van der Waals surface area contributed by atoms with Crippen molar-refractivity contribution in [3.63, 3.8) is 0 Å². The van der Waals surface area contributed by atoms with Crippen molar-refractivity contribution in [2.24, 2.45) is 0 Å². The van der Waals surface area contributed by atoms with E-state index in [0.29, 0.717) is 11.1 Å². The molecule has 196 valence electrons. The molecular formula is C22H24N6O8S. The molecule has 0 spiro atoms. The van der Waals surface area contributed by atoms with Crippen LogP contribution >= 0.6 is 0 Å². The van der Waals surface area contributed by atoms with Gasteiger partial charge in [-0.05, 0) is 12.5 Å². The summed E-state index contributed by atoms with van der Waals surface area (Å²) in [6.45, 7) is -0.333. The number of imidazole rings is 1. The van der Waals surface area contributed by atoms with Crippen molar-refractivity contribution in [1.82, 2.24) is 24.2 Å². The Kier molecular flexibility index (Phi) is 6.43. The zero-order valence-corrected chi connectivity index (χ0v) is 20.0. The van der Waals surface area contributed by atoms with Gasteiger partial charge >= 0.3 is 5.97 Å². The molecule has 15 heteroatoms. The number of hydrogen-bond acceptors (Lipinski definition) is 12. The van der Waals surface area contributed by atoms with Crippen LogP contribution in [0.15, 0.2) is 48.4 Å². The molecule has 3 aromatic rings. The van der Waals surface area contributed by atoms with Crippen LogP contribution in [-0.2, 0) is 25.3 Å². The number of aliphatic hydroxyl groups is 3. The summed E-state index contributed by atoms with van der Waals surface area (Å²) in [6.07, 6.45) is -1.06. The molecule has 2 aliphatic rings. The zero-order chi connectivity index (χ0) is 26.4. The number of rotatable bonds is 8. The van der Waals surface area contributed by atoms with E-state index in [9.17, 15) is 28.5 Å². The Hall–Kier alpha value is -3.47. The summed E-state index contributed by atoms with van der Waals surface area (Å²) < 4.78 is 39.3. The zero-order valence-electron chi connectivity index (χ0n) is 19.2. The van der Waals surface area contributed by atoms with E-state index >= 15 is 0 Å². The number of nitrogens with one attached hydrogen (secondary N) is 1. The first-order valence-corrected chi connectivity index (χ1v) is 12.8. The summed E-state index contributed by atoms with van der Waals surface area (Å²) in [5, 5.41) is 32.5. The summed E-state index contributed by atoms with van der Waals surface area (Å²) >= 11 is 0. The highest BCUT2D eigenvalue weighted by Crippen LogP contribution is 2.37. The van der Waals surface area contributed by atoms with Gasteiger partial charge in [-0.3, -0.25) is 4.57 Å². The molecular weight excluding hydrogens is 508 g/mol. The maximum absolute atomic E-state index is 12.4. The van der Waals surface area contributed by atoms with E-state index in [-0.39, 0.29) is 36.4 Å². The van der Waals surface area contributed by atoms with Gasteiger partial charge in [-0.2, -0.15) is 0 Å². The molecule has 0 saturated carbocycles. The van der Waals surface area contributed by atoms with Crippen molar-refractivity contribution in [2.45, 2.75) is 43.2 Å². The Morgan fingerprint density at radius 2 is 1.97 bits per heavy atom. The number of sulfonamides is 1. The fourth-order valence-electron chi connectivity index (χ4n) is 4.35. The van der Waals surface area contributed by atoms with E-state index in [4.69, 9.17) is 15.2 Å². The molecule has 0 bridgehead atoms. The lowest BCUT2D eigenvalue weighted by Crippen LogP contribution is -2.39. The molecule has 14 nitrogen and oxygen atoms in total. The quantitative estimate of drug-likeness (QED) is 0.227. The third-order valence-corrected chi connectivity index (χ3v) is 7.36. The van der Waals surface area contributed by atoms with Gasteiger partial charge in [-0.1, -0.05) is 24.3 Å². The number of cyclic esters (lactones) is 1.